The van der Waals surface area contributed by atoms with E-state index in [1.165, 1.54) is 13.2 Å². The van der Waals surface area contributed by atoms with Gasteiger partial charge < -0.3 is 14.6 Å². The fraction of sp³-hybridized carbons (Fsp3) is 0.120. The highest BCUT2D eigenvalue weighted by atomic mass is 16.5. The summed E-state index contributed by atoms with van der Waals surface area (Å²) in [4.78, 5) is 24.3. The predicted molar refractivity (Wildman–Crippen MR) is 115 cm³/mol. The van der Waals surface area contributed by atoms with Crippen LogP contribution >= 0.6 is 0 Å². The first-order valence-electron chi connectivity index (χ1n) is 9.43. The fourth-order valence-electron chi connectivity index (χ4n) is 3.20. The minimum atomic E-state index is -0.481. The van der Waals surface area contributed by atoms with Crippen LogP contribution in [0.3, 0.4) is 0 Å². The number of esters is 1. The highest BCUT2D eigenvalue weighted by molar-refractivity contribution is 6.11. The Balaban J connectivity index is 2.02. The minimum absolute atomic E-state index is 0.151. The molecule has 0 saturated carbocycles. The van der Waals surface area contributed by atoms with Crippen molar-refractivity contribution in [1.82, 2.24) is 0 Å². The highest BCUT2D eigenvalue weighted by Crippen LogP contribution is 2.38. The monoisotopic (exact) mass is 402 g/mol. The van der Waals surface area contributed by atoms with Gasteiger partial charge >= 0.3 is 5.97 Å². The van der Waals surface area contributed by atoms with Crippen LogP contribution in [0.1, 0.15) is 21.5 Å². The van der Waals surface area contributed by atoms with Gasteiger partial charge in [-0.15, -0.1) is 0 Å². The van der Waals surface area contributed by atoms with Gasteiger partial charge in [0.2, 0.25) is 0 Å². The number of rotatable bonds is 8. The Morgan fingerprint density at radius 3 is 2.40 bits per heavy atom. The lowest BCUT2D eigenvalue weighted by molar-refractivity contribution is -0.137. The van der Waals surface area contributed by atoms with Crippen LogP contribution in [-0.2, 0) is 16.0 Å². The molecule has 152 valence electrons. The molecule has 0 bridgehead atoms. The van der Waals surface area contributed by atoms with Crippen LogP contribution in [0.4, 0.5) is 0 Å². The van der Waals surface area contributed by atoms with Crippen molar-refractivity contribution in [3.05, 3.63) is 96.1 Å². The molecule has 30 heavy (non-hydrogen) atoms. The molecule has 0 radical (unpaired) electrons. The highest BCUT2D eigenvalue weighted by Gasteiger charge is 2.19. The molecule has 1 N–H and O–H groups in total. The average molecular weight is 402 g/mol. The number of aromatic hydroxyl groups is 1. The third kappa shape index (κ3) is 4.58. The van der Waals surface area contributed by atoms with E-state index in [0.29, 0.717) is 23.3 Å². The Hall–Kier alpha value is -3.86. The van der Waals surface area contributed by atoms with Crippen molar-refractivity contribution in [2.45, 2.75) is 6.42 Å². The summed E-state index contributed by atoms with van der Waals surface area (Å²) in [5, 5.41) is 10.5. The first kappa shape index (κ1) is 20.9. The Morgan fingerprint density at radius 2 is 1.70 bits per heavy atom. The molecule has 0 heterocycles. The number of carbonyl (C=O) groups excluding carboxylic acids is 2. The summed E-state index contributed by atoms with van der Waals surface area (Å²) in [6, 6.07) is 19.4. The standard InChI is InChI=1S/C25H22O5/c1-3-24(27)30-14-13-17-9-7-8-12-19(17)20-15-21(22(26)16-23(20)29-2)25(28)18-10-5-4-6-11-18/h3-12,15-16,26H,1,13-14H2,2H3. The molecule has 0 fully saturated rings. The van der Waals surface area contributed by atoms with E-state index < -0.39 is 5.97 Å². The normalized spacial score (nSPS) is 10.3. The van der Waals surface area contributed by atoms with Crippen LogP contribution in [-0.4, -0.2) is 30.6 Å². The number of phenols is 1. The zero-order chi connectivity index (χ0) is 21.5. The van der Waals surface area contributed by atoms with Crippen LogP contribution < -0.4 is 4.74 Å². The summed E-state index contributed by atoms with van der Waals surface area (Å²) < 4.78 is 10.6. The molecule has 0 aliphatic rings. The Kier molecular flexibility index (Phi) is 6.65. The number of phenolic OH excluding ortho intramolecular Hbond substituents is 1. The molecule has 0 unspecified atom stereocenters. The minimum Gasteiger partial charge on any atom is -0.507 e. The van der Waals surface area contributed by atoms with Crippen molar-refractivity contribution < 1.29 is 24.2 Å². The lowest BCUT2D eigenvalue weighted by Gasteiger charge is -2.16. The molecule has 3 aromatic rings. The second-order valence-corrected chi connectivity index (χ2v) is 6.54. The van der Waals surface area contributed by atoms with Crippen molar-refractivity contribution in [2.24, 2.45) is 0 Å². The van der Waals surface area contributed by atoms with E-state index >= 15 is 0 Å². The van der Waals surface area contributed by atoms with E-state index in [9.17, 15) is 14.7 Å². The van der Waals surface area contributed by atoms with Crippen LogP contribution in [0.2, 0.25) is 0 Å². The van der Waals surface area contributed by atoms with Gasteiger partial charge in [0.05, 0.1) is 19.3 Å². The van der Waals surface area contributed by atoms with Crippen molar-refractivity contribution in [3.8, 4) is 22.6 Å². The van der Waals surface area contributed by atoms with Gasteiger partial charge in [0.25, 0.3) is 0 Å². The molecular formula is C25H22O5. The molecule has 0 amide bonds. The third-order valence-electron chi connectivity index (χ3n) is 4.69. The van der Waals surface area contributed by atoms with Gasteiger partial charge in [0.1, 0.15) is 11.5 Å². The fourth-order valence-corrected chi connectivity index (χ4v) is 3.20. The molecule has 5 heteroatoms. The zero-order valence-corrected chi connectivity index (χ0v) is 16.6. The summed E-state index contributed by atoms with van der Waals surface area (Å²) in [7, 11) is 1.51. The Morgan fingerprint density at radius 1 is 1.00 bits per heavy atom. The van der Waals surface area contributed by atoms with Crippen LogP contribution in [0, 0.1) is 0 Å². The van der Waals surface area contributed by atoms with E-state index in [0.717, 1.165) is 17.2 Å². The van der Waals surface area contributed by atoms with E-state index in [4.69, 9.17) is 9.47 Å². The summed E-state index contributed by atoms with van der Waals surface area (Å²) in [6.07, 6.45) is 1.60. The van der Waals surface area contributed by atoms with E-state index in [2.05, 4.69) is 6.58 Å². The molecule has 0 spiro atoms. The third-order valence-corrected chi connectivity index (χ3v) is 4.69. The van der Waals surface area contributed by atoms with Gasteiger partial charge in [0.15, 0.2) is 5.78 Å². The van der Waals surface area contributed by atoms with E-state index in [-0.39, 0.29) is 23.7 Å². The number of benzene rings is 3. The molecule has 0 aliphatic carbocycles. The van der Waals surface area contributed by atoms with Gasteiger partial charge in [-0.05, 0) is 17.2 Å². The van der Waals surface area contributed by atoms with E-state index in [1.54, 1.807) is 30.3 Å². The molecular weight excluding hydrogens is 380 g/mol. The Labute approximate surface area is 175 Å². The smallest absolute Gasteiger partial charge is 0.330 e. The number of hydrogen-bond acceptors (Lipinski definition) is 5. The maximum atomic E-state index is 12.9. The zero-order valence-electron chi connectivity index (χ0n) is 16.6. The quantitative estimate of drug-likeness (QED) is 0.339. The lowest BCUT2D eigenvalue weighted by atomic mass is 9.93. The summed E-state index contributed by atoms with van der Waals surface area (Å²) in [5.41, 5.74) is 3.07. The van der Waals surface area contributed by atoms with Crippen molar-refractivity contribution in [1.29, 1.82) is 0 Å². The lowest BCUT2D eigenvalue weighted by Crippen LogP contribution is -2.06. The van der Waals surface area contributed by atoms with Crippen LogP contribution in [0.25, 0.3) is 11.1 Å². The van der Waals surface area contributed by atoms with Gasteiger partial charge in [-0.2, -0.15) is 0 Å². The number of carbonyl (C=O) groups is 2. The summed E-state index contributed by atoms with van der Waals surface area (Å²) >= 11 is 0. The van der Waals surface area contributed by atoms with Gasteiger partial charge in [-0.3, -0.25) is 4.79 Å². The molecule has 0 aromatic heterocycles. The molecule has 3 rings (SSSR count). The topological polar surface area (TPSA) is 72.8 Å². The van der Waals surface area contributed by atoms with Crippen molar-refractivity contribution in [2.75, 3.05) is 13.7 Å². The molecule has 0 aliphatic heterocycles. The summed E-state index contributed by atoms with van der Waals surface area (Å²) in [5.74, 6) is -0.477. The largest absolute Gasteiger partial charge is 0.507 e. The van der Waals surface area contributed by atoms with Crippen LogP contribution in [0.5, 0.6) is 11.5 Å². The SMILES string of the molecule is C=CC(=O)OCCc1ccccc1-c1cc(C(=O)c2ccccc2)c(O)cc1OC. The average Bonchev–Trinajstić information content (AvgIpc) is 2.79. The first-order chi connectivity index (χ1) is 14.5. The number of hydrogen-bond donors (Lipinski definition) is 1. The maximum Gasteiger partial charge on any atom is 0.330 e. The molecule has 3 aromatic carbocycles. The van der Waals surface area contributed by atoms with Gasteiger partial charge in [-0.25, -0.2) is 4.79 Å². The maximum absolute atomic E-state index is 12.9. The molecule has 0 saturated heterocycles. The predicted octanol–water partition coefficient (Wildman–Crippen LogP) is 4.57. The first-order valence-corrected chi connectivity index (χ1v) is 9.43. The van der Waals surface area contributed by atoms with E-state index in [1.807, 2.05) is 30.3 Å². The number of ether oxygens (including phenoxy) is 2. The molecule has 5 nitrogen and oxygen atoms in total. The van der Waals surface area contributed by atoms with Gasteiger partial charge in [-0.1, -0.05) is 61.2 Å². The van der Waals surface area contributed by atoms with Crippen molar-refractivity contribution >= 4 is 11.8 Å². The second kappa shape index (κ2) is 9.56. The van der Waals surface area contributed by atoms with Crippen LogP contribution in [0.15, 0.2) is 79.4 Å². The number of ketones is 1. The number of methoxy groups -OCH3 is 1. The second-order valence-electron chi connectivity index (χ2n) is 6.54. The molecule has 0 atom stereocenters. The summed E-state index contributed by atoms with van der Waals surface area (Å²) in [6.45, 7) is 3.58. The Bertz CT molecular complexity index is 1070. The van der Waals surface area contributed by atoms with Crippen molar-refractivity contribution in [3.63, 3.8) is 0 Å². The van der Waals surface area contributed by atoms with Gasteiger partial charge in [0, 0.05) is 29.7 Å².